The van der Waals surface area contributed by atoms with Gasteiger partial charge in [0.2, 0.25) is 12.0 Å². The van der Waals surface area contributed by atoms with Crippen LogP contribution in [0.25, 0.3) is 0 Å². The third-order valence-corrected chi connectivity index (χ3v) is 2.68. The lowest BCUT2D eigenvalue weighted by atomic mass is 10.2. The first-order chi connectivity index (χ1) is 8.33. The molecule has 0 atom stereocenters. The zero-order valence-corrected chi connectivity index (χ0v) is 9.13. The van der Waals surface area contributed by atoms with E-state index in [1.807, 2.05) is 42.5 Å². The Morgan fingerprint density at radius 3 is 2.71 bits per heavy atom. The Labute approximate surface area is 98.1 Å². The number of nitrogens with zero attached hydrogens (tertiary/aromatic N) is 2. The van der Waals surface area contributed by atoms with Crippen molar-refractivity contribution in [2.24, 2.45) is 4.99 Å². The largest absolute Gasteiger partial charge is 0.622 e. The summed E-state index contributed by atoms with van der Waals surface area (Å²) < 4.78 is 0.891. The van der Waals surface area contributed by atoms with Crippen LogP contribution in [-0.4, -0.2) is 6.67 Å². The maximum atomic E-state index is 11.3. The Morgan fingerprint density at radius 1 is 1.06 bits per heavy atom. The minimum absolute atomic E-state index is 0.199. The highest BCUT2D eigenvalue weighted by Crippen LogP contribution is 2.12. The van der Waals surface area contributed by atoms with Crippen LogP contribution in [-0.2, 0) is 0 Å². The number of nitrogens with one attached hydrogen (secondary N) is 1. The fourth-order valence-corrected chi connectivity index (χ4v) is 1.84. The Morgan fingerprint density at radius 2 is 1.88 bits per heavy atom. The van der Waals surface area contributed by atoms with E-state index >= 15 is 0 Å². The maximum absolute atomic E-state index is 11.3. The van der Waals surface area contributed by atoms with Crippen molar-refractivity contribution < 1.29 is 0 Å². The highest BCUT2D eigenvalue weighted by atomic mass is 16.5. The standard InChI is InChI=1S/C13H11N3O/c17-16-9-14-12-8-11(6-7-13(12)16)15-10-4-2-1-3-5-10/h1-8,15H,9H2. The lowest BCUT2D eigenvalue weighted by Crippen LogP contribution is -2.30. The van der Waals surface area contributed by atoms with Crippen LogP contribution >= 0.6 is 0 Å². The van der Waals surface area contributed by atoms with Gasteiger partial charge in [0.05, 0.1) is 0 Å². The maximum Gasteiger partial charge on any atom is 0.247 e. The highest BCUT2D eigenvalue weighted by molar-refractivity contribution is 5.58. The molecule has 1 aliphatic rings. The van der Waals surface area contributed by atoms with Crippen molar-refractivity contribution in [3.8, 4) is 0 Å². The average molecular weight is 225 g/mol. The van der Waals surface area contributed by atoms with E-state index in [0.717, 1.165) is 21.5 Å². The normalized spacial score (nSPS) is 13.1. The number of anilines is 2. The number of benzene rings is 2. The number of hydrogen-bond acceptors (Lipinski definition) is 3. The third-order valence-electron chi connectivity index (χ3n) is 2.68. The lowest BCUT2D eigenvalue weighted by Gasteiger charge is -2.04. The smallest absolute Gasteiger partial charge is 0.247 e. The molecule has 0 saturated carbocycles. The summed E-state index contributed by atoms with van der Waals surface area (Å²) in [5.41, 5.74) is 1.96. The molecule has 0 spiro atoms. The van der Waals surface area contributed by atoms with Crippen molar-refractivity contribution in [3.63, 3.8) is 0 Å². The van der Waals surface area contributed by atoms with Crippen LogP contribution in [0.15, 0.2) is 53.5 Å². The number of hydrogen-bond donors (Lipinski definition) is 1. The van der Waals surface area contributed by atoms with E-state index < -0.39 is 0 Å². The summed E-state index contributed by atoms with van der Waals surface area (Å²) in [5, 5.41) is 16.0. The summed E-state index contributed by atoms with van der Waals surface area (Å²) >= 11 is 0. The van der Waals surface area contributed by atoms with Gasteiger partial charge in [0.25, 0.3) is 0 Å². The van der Waals surface area contributed by atoms with E-state index in [9.17, 15) is 5.21 Å². The van der Waals surface area contributed by atoms with Gasteiger partial charge in [-0.15, -0.1) is 0 Å². The summed E-state index contributed by atoms with van der Waals surface area (Å²) in [6.45, 7) is 0.199. The molecule has 0 radical (unpaired) electrons. The number of hydroxylamine groups is 1. The van der Waals surface area contributed by atoms with Crippen LogP contribution < -0.4 is 20.8 Å². The molecule has 2 aromatic rings. The first-order valence-corrected chi connectivity index (χ1v) is 5.41. The van der Waals surface area contributed by atoms with Gasteiger partial charge in [-0.25, -0.2) is 4.99 Å². The van der Waals surface area contributed by atoms with Crippen molar-refractivity contribution in [2.45, 2.75) is 0 Å². The average Bonchev–Trinajstić information content (AvgIpc) is 2.72. The van der Waals surface area contributed by atoms with Gasteiger partial charge in [0, 0.05) is 17.4 Å². The van der Waals surface area contributed by atoms with Crippen molar-refractivity contribution in [1.29, 1.82) is 0 Å². The first kappa shape index (κ1) is 9.84. The number of fused-ring (bicyclic) bond motifs is 1. The van der Waals surface area contributed by atoms with Gasteiger partial charge in [-0.05, 0) is 24.3 Å². The molecule has 1 heterocycles. The van der Waals surface area contributed by atoms with E-state index in [1.165, 1.54) is 0 Å². The zero-order chi connectivity index (χ0) is 11.7. The predicted molar refractivity (Wildman–Crippen MR) is 66.4 cm³/mol. The molecule has 17 heavy (non-hydrogen) atoms. The van der Waals surface area contributed by atoms with Crippen molar-refractivity contribution in [1.82, 2.24) is 4.74 Å². The van der Waals surface area contributed by atoms with Gasteiger partial charge < -0.3 is 10.5 Å². The van der Waals surface area contributed by atoms with Gasteiger partial charge in [-0.2, -0.15) is 4.74 Å². The molecule has 0 saturated heterocycles. The molecule has 84 valence electrons. The molecule has 1 N–H and O–H groups in total. The summed E-state index contributed by atoms with van der Waals surface area (Å²) in [6.07, 6.45) is 0. The first-order valence-electron chi connectivity index (χ1n) is 5.41. The number of para-hydroxylation sites is 1. The fraction of sp³-hybridized carbons (Fsp3) is 0.0769. The summed E-state index contributed by atoms with van der Waals surface area (Å²) in [6, 6.07) is 15.5. The van der Waals surface area contributed by atoms with Crippen LogP contribution in [0.1, 0.15) is 0 Å². The van der Waals surface area contributed by atoms with Crippen LogP contribution in [0, 0.1) is 5.21 Å². The monoisotopic (exact) mass is 225 g/mol. The summed E-state index contributed by atoms with van der Waals surface area (Å²) in [4.78, 5) is 4.16. The minimum atomic E-state index is 0.199. The van der Waals surface area contributed by atoms with Gasteiger partial charge in [-0.3, -0.25) is 0 Å². The molecule has 4 heteroatoms. The Hall–Kier alpha value is -2.36. The van der Waals surface area contributed by atoms with Crippen molar-refractivity contribution >= 4 is 11.4 Å². The molecule has 0 aliphatic carbocycles. The van der Waals surface area contributed by atoms with Gasteiger partial charge in [0.15, 0.2) is 0 Å². The van der Waals surface area contributed by atoms with E-state index in [1.54, 1.807) is 6.07 Å². The SMILES string of the molecule is [O-][N+]1=c2ccc(Nc3ccccc3)cc2=NC1. The van der Waals surface area contributed by atoms with Gasteiger partial charge in [-0.1, -0.05) is 18.2 Å². The van der Waals surface area contributed by atoms with Crippen LogP contribution in [0.5, 0.6) is 0 Å². The summed E-state index contributed by atoms with van der Waals surface area (Å²) in [5.74, 6) is 0. The van der Waals surface area contributed by atoms with Crippen LogP contribution in [0.4, 0.5) is 11.4 Å². The molecular weight excluding hydrogens is 214 g/mol. The molecule has 0 unspecified atom stereocenters. The van der Waals surface area contributed by atoms with Gasteiger partial charge in [0.1, 0.15) is 5.36 Å². The molecular formula is C13H11N3O. The molecule has 0 amide bonds. The molecule has 0 bridgehead atoms. The van der Waals surface area contributed by atoms with Crippen LogP contribution in [0.2, 0.25) is 0 Å². The fourth-order valence-electron chi connectivity index (χ4n) is 1.84. The molecule has 2 aromatic carbocycles. The third kappa shape index (κ3) is 1.85. The topological polar surface area (TPSA) is 50.5 Å². The Bertz CT molecular complexity index is 665. The van der Waals surface area contributed by atoms with E-state index in [0.29, 0.717) is 5.36 Å². The quantitative estimate of drug-likeness (QED) is 0.612. The number of rotatable bonds is 2. The summed E-state index contributed by atoms with van der Waals surface area (Å²) in [7, 11) is 0. The molecule has 4 nitrogen and oxygen atoms in total. The van der Waals surface area contributed by atoms with Gasteiger partial charge >= 0.3 is 0 Å². The second kappa shape index (κ2) is 3.90. The second-order valence-electron chi connectivity index (χ2n) is 3.87. The second-order valence-corrected chi connectivity index (χ2v) is 3.87. The van der Waals surface area contributed by atoms with Crippen molar-refractivity contribution in [2.75, 3.05) is 12.0 Å². The van der Waals surface area contributed by atoms with E-state index in [-0.39, 0.29) is 6.67 Å². The molecule has 0 aromatic heterocycles. The molecule has 1 aliphatic heterocycles. The Kier molecular flexibility index (Phi) is 2.26. The minimum Gasteiger partial charge on any atom is -0.622 e. The zero-order valence-electron chi connectivity index (χ0n) is 9.13. The molecule has 0 fully saturated rings. The Balaban J connectivity index is 1.98. The van der Waals surface area contributed by atoms with E-state index in [4.69, 9.17) is 0 Å². The van der Waals surface area contributed by atoms with Crippen LogP contribution in [0.3, 0.4) is 0 Å². The lowest BCUT2D eigenvalue weighted by molar-refractivity contribution is 0.777. The molecule has 3 rings (SSSR count). The predicted octanol–water partition coefficient (Wildman–Crippen LogP) is 1.01. The highest BCUT2D eigenvalue weighted by Gasteiger charge is 2.07. The van der Waals surface area contributed by atoms with E-state index in [2.05, 4.69) is 10.3 Å². The van der Waals surface area contributed by atoms with Crippen molar-refractivity contribution in [3.05, 3.63) is 64.5 Å².